The summed E-state index contributed by atoms with van der Waals surface area (Å²) < 4.78 is 0. The van der Waals surface area contributed by atoms with Crippen molar-refractivity contribution in [3.05, 3.63) is 21.4 Å². The Hall–Kier alpha value is -0.380. The number of hydrogen-bond donors (Lipinski definition) is 1. The molecule has 0 aliphatic carbocycles. The molecule has 0 radical (unpaired) electrons. The molecule has 1 saturated heterocycles. The molecule has 1 unspecified atom stereocenters. The van der Waals surface area contributed by atoms with Crippen molar-refractivity contribution in [1.82, 2.24) is 10.2 Å². The number of piperidine rings is 1. The van der Waals surface area contributed by atoms with Gasteiger partial charge in [-0.3, -0.25) is 0 Å². The fourth-order valence-corrected chi connectivity index (χ4v) is 3.58. The zero-order chi connectivity index (χ0) is 12.3. The van der Waals surface area contributed by atoms with Gasteiger partial charge in [0.1, 0.15) is 0 Å². The van der Waals surface area contributed by atoms with E-state index >= 15 is 0 Å². The molecule has 96 valence electrons. The molecule has 3 heteroatoms. The van der Waals surface area contributed by atoms with Crippen molar-refractivity contribution in [2.45, 2.75) is 45.7 Å². The number of hydrogen-bond acceptors (Lipinski definition) is 3. The summed E-state index contributed by atoms with van der Waals surface area (Å²) in [5.74, 6) is 0. The van der Waals surface area contributed by atoms with Crippen LogP contribution in [-0.2, 0) is 6.54 Å². The Kier molecular flexibility index (Phi) is 4.60. The van der Waals surface area contributed by atoms with E-state index in [1.54, 1.807) is 0 Å². The first kappa shape index (κ1) is 13.1. The van der Waals surface area contributed by atoms with Gasteiger partial charge in [0.05, 0.1) is 0 Å². The van der Waals surface area contributed by atoms with Crippen molar-refractivity contribution in [2.24, 2.45) is 0 Å². The molecule has 0 saturated carbocycles. The first-order valence-electron chi connectivity index (χ1n) is 6.63. The lowest BCUT2D eigenvalue weighted by Gasteiger charge is -2.32. The zero-order valence-electron chi connectivity index (χ0n) is 11.3. The highest BCUT2D eigenvalue weighted by atomic mass is 32.1. The highest BCUT2D eigenvalue weighted by Crippen LogP contribution is 2.20. The van der Waals surface area contributed by atoms with Crippen molar-refractivity contribution >= 4 is 11.3 Å². The number of likely N-dealkylation sites (N-methyl/N-ethyl adjacent to an activating group) is 1. The van der Waals surface area contributed by atoms with Crippen LogP contribution in [-0.4, -0.2) is 31.1 Å². The van der Waals surface area contributed by atoms with Gasteiger partial charge in [-0.2, -0.15) is 0 Å². The minimum Gasteiger partial charge on any atom is -0.311 e. The molecule has 1 aliphatic rings. The number of aryl methyl sites for hydroxylation is 2. The second-order valence-electron chi connectivity index (χ2n) is 5.20. The Morgan fingerprint density at radius 2 is 2.24 bits per heavy atom. The standard InChI is InChI=1S/C14H24N2S/c1-11-8-13(12(2)17-11)9-15-10-14-6-4-5-7-16(14)3/h8,14-15H,4-7,9-10H2,1-3H3. The van der Waals surface area contributed by atoms with Gasteiger partial charge < -0.3 is 10.2 Å². The summed E-state index contributed by atoms with van der Waals surface area (Å²) in [6.07, 6.45) is 4.12. The van der Waals surface area contributed by atoms with Crippen molar-refractivity contribution in [3.8, 4) is 0 Å². The lowest BCUT2D eigenvalue weighted by Crippen LogP contribution is -2.42. The zero-order valence-corrected chi connectivity index (χ0v) is 12.1. The van der Waals surface area contributed by atoms with E-state index in [0.717, 1.165) is 19.1 Å². The predicted molar refractivity (Wildman–Crippen MR) is 75.8 cm³/mol. The first-order valence-corrected chi connectivity index (χ1v) is 7.45. The molecule has 1 aliphatic heterocycles. The summed E-state index contributed by atoms with van der Waals surface area (Å²) >= 11 is 1.91. The molecule has 0 amide bonds. The molecule has 17 heavy (non-hydrogen) atoms. The van der Waals surface area contributed by atoms with Crippen LogP contribution in [0.15, 0.2) is 6.07 Å². The smallest absolute Gasteiger partial charge is 0.0217 e. The topological polar surface area (TPSA) is 15.3 Å². The van der Waals surface area contributed by atoms with Gasteiger partial charge in [-0.05, 0) is 51.9 Å². The van der Waals surface area contributed by atoms with Crippen LogP contribution in [0, 0.1) is 13.8 Å². The van der Waals surface area contributed by atoms with Crippen molar-refractivity contribution in [3.63, 3.8) is 0 Å². The number of rotatable bonds is 4. The fourth-order valence-electron chi connectivity index (χ4n) is 2.63. The molecule has 2 nitrogen and oxygen atoms in total. The summed E-state index contributed by atoms with van der Waals surface area (Å²) in [4.78, 5) is 5.39. The van der Waals surface area contributed by atoms with Crippen LogP contribution in [0.4, 0.5) is 0 Å². The summed E-state index contributed by atoms with van der Waals surface area (Å²) in [7, 11) is 2.26. The van der Waals surface area contributed by atoms with Gasteiger partial charge in [0.2, 0.25) is 0 Å². The van der Waals surface area contributed by atoms with E-state index in [9.17, 15) is 0 Å². The van der Waals surface area contributed by atoms with Crippen molar-refractivity contribution in [2.75, 3.05) is 20.1 Å². The molecule has 2 heterocycles. The molecular weight excluding hydrogens is 228 g/mol. The largest absolute Gasteiger partial charge is 0.311 e. The molecule has 1 atom stereocenters. The Morgan fingerprint density at radius 3 is 2.88 bits per heavy atom. The fraction of sp³-hybridized carbons (Fsp3) is 0.714. The predicted octanol–water partition coefficient (Wildman–Crippen LogP) is 2.94. The number of nitrogens with one attached hydrogen (secondary N) is 1. The maximum atomic E-state index is 3.62. The van der Waals surface area contributed by atoms with E-state index in [1.807, 2.05) is 11.3 Å². The van der Waals surface area contributed by atoms with Crippen LogP contribution in [0.1, 0.15) is 34.6 Å². The highest BCUT2D eigenvalue weighted by molar-refractivity contribution is 7.12. The Balaban J connectivity index is 1.77. The molecule has 1 fully saturated rings. The number of nitrogens with zero attached hydrogens (tertiary/aromatic N) is 1. The van der Waals surface area contributed by atoms with Crippen molar-refractivity contribution in [1.29, 1.82) is 0 Å². The molecule has 1 N–H and O–H groups in total. The number of thiophene rings is 1. The second-order valence-corrected chi connectivity index (χ2v) is 6.66. The van der Waals surface area contributed by atoms with Crippen LogP contribution in [0.5, 0.6) is 0 Å². The molecule has 0 bridgehead atoms. The molecule has 0 aromatic carbocycles. The highest BCUT2D eigenvalue weighted by Gasteiger charge is 2.18. The van der Waals surface area contributed by atoms with Crippen LogP contribution in [0.25, 0.3) is 0 Å². The van der Waals surface area contributed by atoms with Gasteiger partial charge in [-0.15, -0.1) is 11.3 Å². The minimum absolute atomic E-state index is 0.740. The SMILES string of the molecule is Cc1cc(CNCC2CCCCN2C)c(C)s1. The van der Waals surface area contributed by atoms with Crippen molar-refractivity contribution < 1.29 is 0 Å². The maximum absolute atomic E-state index is 3.62. The third kappa shape index (κ3) is 3.54. The summed E-state index contributed by atoms with van der Waals surface area (Å²) in [5.41, 5.74) is 1.48. The van der Waals surface area contributed by atoms with Crippen LogP contribution in [0.2, 0.25) is 0 Å². The first-order chi connectivity index (χ1) is 8.16. The van der Waals surface area contributed by atoms with Gasteiger partial charge >= 0.3 is 0 Å². The molecular formula is C14H24N2S. The van der Waals surface area contributed by atoms with E-state index in [2.05, 4.69) is 37.2 Å². The van der Waals surface area contributed by atoms with E-state index in [-0.39, 0.29) is 0 Å². The van der Waals surface area contributed by atoms with Gasteiger partial charge in [0.25, 0.3) is 0 Å². The van der Waals surface area contributed by atoms with Crippen LogP contribution < -0.4 is 5.32 Å². The van der Waals surface area contributed by atoms with E-state index in [0.29, 0.717) is 0 Å². The normalized spacial score (nSPS) is 21.9. The summed E-state index contributed by atoms with van der Waals surface area (Å²) in [5, 5.41) is 3.62. The Morgan fingerprint density at radius 1 is 1.41 bits per heavy atom. The lowest BCUT2D eigenvalue weighted by atomic mass is 10.0. The Labute approximate surface area is 109 Å². The average Bonchev–Trinajstić information content (AvgIpc) is 2.60. The van der Waals surface area contributed by atoms with Gasteiger partial charge in [-0.25, -0.2) is 0 Å². The molecule has 1 aromatic heterocycles. The summed E-state index contributed by atoms with van der Waals surface area (Å²) in [6.45, 7) is 7.84. The second kappa shape index (κ2) is 5.98. The summed E-state index contributed by atoms with van der Waals surface area (Å²) in [6, 6.07) is 3.06. The van der Waals surface area contributed by atoms with E-state index < -0.39 is 0 Å². The van der Waals surface area contributed by atoms with E-state index in [4.69, 9.17) is 0 Å². The Bertz CT molecular complexity index is 359. The molecule has 1 aromatic rings. The van der Waals surface area contributed by atoms with E-state index in [1.165, 1.54) is 41.1 Å². The van der Waals surface area contributed by atoms with Gasteiger partial charge in [0, 0.05) is 28.9 Å². The maximum Gasteiger partial charge on any atom is 0.0217 e. The third-order valence-electron chi connectivity index (χ3n) is 3.76. The van der Waals surface area contributed by atoms with Gasteiger partial charge in [0.15, 0.2) is 0 Å². The van der Waals surface area contributed by atoms with Crippen LogP contribution >= 0.6 is 11.3 Å². The lowest BCUT2D eigenvalue weighted by molar-refractivity contribution is 0.181. The minimum atomic E-state index is 0.740. The monoisotopic (exact) mass is 252 g/mol. The number of likely N-dealkylation sites (tertiary alicyclic amines) is 1. The molecule has 2 rings (SSSR count). The third-order valence-corrected chi connectivity index (χ3v) is 4.77. The van der Waals surface area contributed by atoms with Crippen LogP contribution in [0.3, 0.4) is 0 Å². The quantitative estimate of drug-likeness (QED) is 0.886. The van der Waals surface area contributed by atoms with Gasteiger partial charge in [-0.1, -0.05) is 6.42 Å². The average molecular weight is 252 g/mol. The molecule has 0 spiro atoms.